The predicted molar refractivity (Wildman–Crippen MR) is 123 cm³/mol. The lowest BCUT2D eigenvalue weighted by molar-refractivity contribution is -0.0800. The highest BCUT2D eigenvalue weighted by Gasteiger charge is 2.22. The number of hydrogen-bond acceptors (Lipinski definition) is 8. The minimum atomic E-state index is -2.35. The number of halogens is 2. The zero-order valence-electron chi connectivity index (χ0n) is 17.6. The van der Waals surface area contributed by atoms with Crippen molar-refractivity contribution in [3.05, 3.63) is 53.2 Å². The highest BCUT2D eigenvalue weighted by Crippen LogP contribution is 2.25. The molecule has 1 atom stereocenters. The van der Waals surface area contributed by atoms with E-state index in [2.05, 4.69) is 20.6 Å². The number of hydrogen-bond donors (Lipinski definition) is 4. The second-order valence-corrected chi connectivity index (χ2v) is 7.65. The first-order valence-corrected chi connectivity index (χ1v) is 10.2. The van der Waals surface area contributed by atoms with E-state index < -0.39 is 23.4 Å². The average molecular weight is 470 g/mol. The third-order valence-electron chi connectivity index (χ3n) is 4.50. The van der Waals surface area contributed by atoms with E-state index in [1.807, 2.05) is 0 Å². The van der Waals surface area contributed by atoms with Crippen LogP contribution in [-0.4, -0.2) is 71.6 Å². The molecule has 2 aromatic heterocycles. The number of ether oxygens (including phenoxy) is 1. The van der Waals surface area contributed by atoms with Crippen molar-refractivity contribution in [2.45, 2.75) is 18.6 Å². The largest absolute Gasteiger partial charge is 0.387 e. The van der Waals surface area contributed by atoms with E-state index in [1.165, 1.54) is 30.6 Å². The molecule has 0 aliphatic heterocycles. The number of nitrogens with zero attached hydrogens (tertiary/aromatic N) is 3. The molecule has 4 N–H and O–H groups in total. The molecular weight excluding hydrogens is 452 g/mol. The van der Waals surface area contributed by atoms with Crippen molar-refractivity contribution in [3.63, 3.8) is 0 Å². The molecule has 0 aliphatic rings. The number of nitrogens with one attached hydrogen (secondary N) is 3. The molecule has 0 aliphatic carbocycles. The van der Waals surface area contributed by atoms with Gasteiger partial charge in [0.1, 0.15) is 32.7 Å². The van der Waals surface area contributed by atoms with Crippen LogP contribution in [0.1, 0.15) is 28.5 Å². The molecule has 1 amide bonds. The third kappa shape index (κ3) is 5.70. The molecule has 14 heteroatoms. The van der Waals surface area contributed by atoms with E-state index in [1.54, 1.807) is 14.0 Å². The number of carbonyl (C=O) groups is 1. The van der Waals surface area contributed by atoms with Crippen LogP contribution >= 0.6 is 12.3 Å². The SMILES string of the molecule is [B]C([B])(O)OCC(C)NC(=O)c1cn(SF)c2ncc(C(=N)c3ccc(F)cc3NC)nc12. The third-order valence-corrected chi connectivity index (χ3v) is 4.93. The van der Waals surface area contributed by atoms with Crippen LogP contribution in [0.15, 0.2) is 30.6 Å². The minimum absolute atomic E-state index is 0.00662. The number of fused-ring (bicyclic) bond motifs is 1. The predicted octanol–water partition coefficient (Wildman–Crippen LogP) is 1.48. The van der Waals surface area contributed by atoms with Gasteiger partial charge in [0, 0.05) is 30.5 Å². The van der Waals surface area contributed by atoms with Gasteiger partial charge in [-0.1, -0.05) is 0 Å². The summed E-state index contributed by atoms with van der Waals surface area (Å²) in [7, 11) is 11.8. The summed E-state index contributed by atoms with van der Waals surface area (Å²) in [6, 6.07) is 3.24. The van der Waals surface area contributed by atoms with Gasteiger partial charge >= 0.3 is 0 Å². The van der Waals surface area contributed by atoms with Gasteiger partial charge in [0.15, 0.2) is 18.0 Å². The molecule has 33 heavy (non-hydrogen) atoms. The first-order valence-electron chi connectivity index (χ1n) is 9.52. The van der Waals surface area contributed by atoms with Gasteiger partial charge < -0.3 is 20.5 Å². The number of amides is 1. The Kier molecular flexibility index (Phi) is 7.40. The number of aliphatic hydroxyl groups is 1. The lowest BCUT2D eigenvalue weighted by atomic mass is 9.76. The number of aromatic nitrogens is 3. The Morgan fingerprint density at radius 1 is 1.42 bits per heavy atom. The van der Waals surface area contributed by atoms with Crippen molar-refractivity contribution in [2.75, 3.05) is 19.0 Å². The Morgan fingerprint density at radius 3 is 2.79 bits per heavy atom. The van der Waals surface area contributed by atoms with Crippen molar-refractivity contribution in [1.29, 1.82) is 5.41 Å². The highest BCUT2D eigenvalue weighted by molar-refractivity contribution is 7.92. The summed E-state index contributed by atoms with van der Waals surface area (Å²) in [6.45, 7) is 1.37. The quantitative estimate of drug-likeness (QED) is 0.212. The molecule has 0 saturated heterocycles. The van der Waals surface area contributed by atoms with Crippen LogP contribution < -0.4 is 10.6 Å². The van der Waals surface area contributed by atoms with Crippen LogP contribution in [0, 0.1) is 11.2 Å². The monoisotopic (exact) mass is 470 g/mol. The van der Waals surface area contributed by atoms with Crippen molar-refractivity contribution >= 4 is 56.5 Å². The Labute approximate surface area is 195 Å². The summed E-state index contributed by atoms with van der Waals surface area (Å²) in [5.74, 6) is -1.11. The van der Waals surface area contributed by atoms with Crippen LogP contribution in [0.3, 0.4) is 0 Å². The van der Waals surface area contributed by atoms with Gasteiger partial charge in [0.05, 0.1) is 29.7 Å². The Bertz CT molecular complexity index is 1200. The summed E-state index contributed by atoms with van der Waals surface area (Å²) in [5.41, 5.74) is -1.50. The van der Waals surface area contributed by atoms with Gasteiger partial charge in [-0.3, -0.25) is 10.2 Å². The van der Waals surface area contributed by atoms with Gasteiger partial charge in [-0.2, -0.15) is 0 Å². The van der Waals surface area contributed by atoms with Gasteiger partial charge in [0.2, 0.25) is 0 Å². The Hall–Kier alpha value is -2.96. The first-order chi connectivity index (χ1) is 15.5. The summed E-state index contributed by atoms with van der Waals surface area (Å²) < 4.78 is 32.8. The highest BCUT2D eigenvalue weighted by atomic mass is 32.2. The van der Waals surface area contributed by atoms with Crippen molar-refractivity contribution < 1.29 is 22.9 Å². The molecule has 3 aromatic rings. The van der Waals surface area contributed by atoms with Crippen LogP contribution in [-0.2, 0) is 4.74 Å². The van der Waals surface area contributed by atoms with E-state index in [9.17, 15) is 18.2 Å². The van der Waals surface area contributed by atoms with Gasteiger partial charge in [-0.05, 0) is 25.1 Å². The maximum atomic E-state index is 13.6. The first kappa shape index (κ1) is 24.7. The van der Waals surface area contributed by atoms with Crippen molar-refractivity contribution in [3.8, 4) is 0 Å². The van der Waals surface area contributed by atoms with Crippen LogP contribution in [0.4, 0.5) is 14.0 Å². The molecule has 9 nitrogen and oxygen atoms in total. The molecule has 2 heterocycles. The fraction of sp³-hybridized carbons (Fsp3) is 0.263. The standard InChI is InChI=1S/C19H18B2F2N6O3S/c1-9(8-32-19(20,21)31)27-18(30)12-7-29(33-23)17-16(12)28-14(6-26-17)15(24)11-4-3-10(22)5-13(11)25-2/h3-7,9,24-25,31H,8H2,1-2H3,(H,27,30). The van der Waals surface area contributed by atoms with Gasteiger partial charge in [-0.25, -0.2) is 18.3 Å². The topological polar surface area (TPSA) is 125 Å². The molecule has 0 bridgehead atoms. The molecule has 0 saturated carbocycles. The normalized spacial score (nSPS) is 12.5. The summed E-state index contributed by atoms with van der Waals surface area (Å²) in [5, 5.41) is 23.1. The maximum absolute atomic E-state index is 13.6. The average Bonchev–Trinajstić information content (AvgIpc) is 3.14. The lowest BCUT2D eigenvalue weighted by Crippen LogP contribution is -2.41. The van der Waals surface area contributed by atoms with Gasteiger partial charge in [-0.15, -0.1) is 3.89 Å². The van der Waals surface area contributed by atoms with Crippen molar-refractivity contribution in [2.24, 2.45) is 0 Å². The lowest BCUT2D eigenvalue weighted by Gasteiger charge is -2.23. The molecule has 1 unspecified atom stereocenters. The van der Waals surface area contributed by atoms with Crippen LogP contribution in [0.2, 0.25) is 0 Å². The maximum Gasteiger partial charge on any atom is 0.255 e. The van der Waals surface area contributed by atoms with Crippen LogP contribution in [0.25, 0.3) is 11.2 Å². The van der Waals surface area contributed by atoms with Gasteiger partial charge in [0.25, 0.3) is 5.91 Å². The van der Waals surface area contributed by atoms with E-state index in [0.717, 1.165) is 3.97 Å². The number of benzene rings is 1. The zero-order chi connectivity index (χ0) is 24.3. The fourth-order valence-electron chi connectivity index (χ4n) is 2.98. The summed E-state index contributed by atoms with van der Waals surface area (Å²) in [6.07, 6.45) is 2.48. The second-order valence-electron chi connectivity index (χ2n) is 7.12. The second kappa shape index (κ2) is 9.89. The molecule has 3 rings (SSSR count). The van der Waals surface area contributed by atoms with Crippen molar-refractivity contribution in [1.82, 2.24) is 19.3 Å². The molecule has 1 aromatic carbocycles. The van der Waals surface area contributed by atoms with Crippen LogP contribution in [0.5, 0.6) is 0 Å². The number of carbonyl (C=O) groups excluding carboxylic acids is 1. The number of rotatable bonds is 9. The van der Waals surface area contributed by atoms with E-state index in [-0.39, 0.29) is 47.1 Å². The number of anilines is 1. The molecule has 168 valence electrons. The minimum Gasteiger partial charge on any atom is -0.387 e. The van der Waals surface area contributed by atoms with E-state index in [0.29, 0.717) is 11.3 Å². The van der Waals surface area contributed by atoms with E-state index >= 15 is 0 Å². The molecule has 0 fully saturated rings. The van der Waals surface area contributed by atoms with E-state index in [4.69, 9.17) is 25.8 Å². The Morgan fingerprint density at radius 2 is 2.15 bits per heavy atom. The molecule has 0 spiro atoms. The smallest absolute Gasteiger partial charge is 0.255 e. The summed E-state index contributed by atoms with van der Waals surface area (Å²) >= 11 is -0.175. The molecular formula is C19H18B2F2N6O3S. The fourth-order valence-corrected chi connectivity index (χ4v) is 3.33. The summed E-state index contributed by atoms with van der Waals surface area (Å²) in [4.78, 5) is 21.3. The Balaban J connectivity index is 1.95. The zero-order valence-corrected chi connectivity index (χ0v) is 18.4. The molecule has 4 radical (unpaired) electrons.